The Labute approximate surface area is 113 Å². The molecule has 1 aliphatic carbocycles. The number of guanidine groups is 1. The summed E-state index contributed by atoms with van der Waals surface area (Å²) < 4.78 is 13.4. The van der Waals surface area contributed by atoms with Gasteiger partial charge in [-0.25, -0.2) is 4.39 Å². The molecule has 1 unspecified atom stereocenters. The molecule has 2 N–H and O–H groups in total. The first-order valence-corrected chi connectivity index (χ1v) is 6.89. The lowest BCUT2D eigenvalue weighted by atomic mass is 9.90. The van der Waals surface area contributed by atoms with Crippen LogP contribution in [-0.2, 0) is 12.0 Å². The third-order valence-electron chi connectivity index (χ3n) is 4.22. The number of fused-ring (bicyclic) bond motifs is 2. The Bertz CT molecular complexity index is 538. The minimum atomic E-state index is -0.155. The monoisotopic (exact) mass is 261 g/mol. The number of aliphatic imine (C=N–C) groups is 1. The van der Waals surface area contributed by atoms with Crippen molar-refractivity contribution in [3.05, 3.63) is 35.1 Å². The Morgan fingerprint density at radius 2 is 2.26 bits per heavy atom. The molecule has 0 radical (unpaired) electrons. The van der Waals surface area contributed by atoms with Gasteiger partial charge in [0, 0.05) is 6.54 Å². The molecule has 102 valence electrons. The Balaban J connectivity index is 2.02. The minimum absolute atomic E-state index is 0.128. The van der Waals surface area contributed by atoms with Crippen molar-refractivity contribution in [2.75, 3.05) is 13.1 Å². The van der Waals surface area contributed by atoms with Gasteiger partial charge in [-0.2, -0.15) is 0 Å². The highest BCUT2D eigenvalue weighted by molar-refractivity contribution is 5.81. The van der Waals surface area contributed by atoms with E-state index in [2.05, 4.69) is 23.7 Å². The fourth-order valence-electron chi connectivity index (χ4n) is 3.38. The molecule has 2 aliphatic rings. The number of rotatable bonds is 2. The predicted molar refractivity (Wildman–Crippen MR) is 74.4 cm³/mol. The van der Waals surface area contributed by atoms with Gasteiger partial charge in [-0.3, -0.25) is 4.99 Å². The molecule has 0 amide bonds. The summed E-state index contributed by atoms with van der Waals surface area (Å²) in [5.74, 6) is 0.997. The number of halogens is 1. The smallest absolute Gasteiger partial charge is 0.192 e. The van der Waals surface area contributed by atoms with E-state index in [1.165, 1.54) is 5.56 Å². The van der Waals surface area contributed by atoms with Crippen LogP contribution in [0.25, 0.3) is 0 Å². The molecule has 1 spiro atoms. The van der Waals surface area contributed by atoms with E-state index in [9.17, 15) is 4.39 Å². The Hall–Kier alpha value is -1.58. The lowest BCUT2D eigenvalue weighted by Gasteiger charge is -2.38. The van der Waals surface area contributed by atoms with Crippen molar-refractivity contribution in [1.29, 1.82) is 0 Å². The fourth-order valence-corrected chi connectivity index (χ4v) is 3.38. The molecular formula is C15H20FN3. The van der Waals surface area contributed by atoms with E-state index in [4.69, 9.17) is 5.73 Å². The lowest BCUT2D eigenvalue weighted by Crippen LogP contribution is -2.49. The van der Waals surface area contributed by atoms with Crippen LogP contribution in [0.1, 0.15) is 31.4 Å². The number of aryl methyl sites for hydroxylation is 1. The van der Waals surface area contributed by atoms with E-state index in [0.717, 1.165) is 24.9 Å². The van der Waals surface area contributed by atoms with E-state index in [0.29, 0.717) is 18.4 Å². The first-order valence-electron chi connectivity index (χ1n) is 6.89. The van der Waals surface area contributed by atoms with Gasteiger partial charge >= 0.3 is 0 Å². The van der Waals surface area contributed by atoms with Crippen LogP contribution in [0.2, 0.25) is 0 Å². The molecule has 1 heterocycles. The summed E-state index contributed by atoms with van der Waals surface area (Å²) in [7, 11) is 0. The average Bonchev–Trinajstić information content (AvgIpc) is 2.85. The number of benzene rings is 1. The summed E-state index contributed by atoms with van der Waals surface area (Å²) in [6.45, 7) is 5.95. The van der Waals surface area contributed by atoms with Crippen molar-refractivity contribution in [2.24, 2.45) is 16.6 Å². The first-order chi connectivity index (χ1) is 9.03. The highest BCUT2D eigenvalue weighted by atomic mass is 19.1. The van der Waals surface area contributed by atoms with Crippen LogP contribution in [0, 0.1) is 11.7 Å². The van der Waals surface area contributed by atoms with E-state index in [1.807, 2.05) is 6.07 Å². The standard InChI is InChI=1S/C15H20FN3/c1-10(2)8-19-14(17)18-9-15(19)6-5-11-7-12(16)3-4-13(11)15/h3-4,7,10H,5-6,8-9H2,1-2H3,(H2,17,18). The second-order valence-corrected chi connectivity index (χ2v) is 6.01. The molecule has 3 rings (SSSR count). The molecule has 0 aromatic heterocycles. The molecule has 3 nitrogen and oxygen atoms in total. The van der Waals surface area contributed by atoms with Crippen molar-refractivity contribution in [1.82, 2.24) is 4.90 Å². The quantitative estimate of drug-likeness (QED) is 0.887. The van der Waals surface area contributed by atoms with Crippen molar-refractivity contribution in [3.63, 3.8) is 0 Å². The van der Waals surface area contributed by atoms with Gasteiger partial charge in [0.2, 0.25) is 0 Å². The molecule has 19 heavy (non-hydrogen) atoms. The molecular weight excluding hydrogens is 241 g/mol. The molecule has 1 aromatic rings. The van der Waals surface area contributed by atoms with Crippen LogP contribution >= 0.6 is 0 Å². The summed E-state index contributed by atoms with van der Waals surface area (Å²) in [6, 6.07) is 5.12. The van der Waals surface area contributed by atoms with Gasteiger partial charge in [0.1, 0.15) is 5.82 Å². The van der Waals surface area contributed by atoms with Crippen LogP contribution in [0.4, 0.5) is 4.39 Å². The predicted octanol–water partition coefficient (Wildman–Crippen LogP) is 2.25. The van der Waals surface area contributed by atoms with E-state index in [1.54, 1.807) is 12.1 Å². The molecule has 4 heteroatoms. The zero-order valence-electron chi connectivity index (χ0n) is 11.5. The molecule has 1 atom stereocenters. The molecule has 1 aliphatic heterocycles. The molecule has 0 saturated carbocycles. The summed E-state index contributed by atoms with van der Waals surface area (Å²) >= 11 is 0. The highest BCUT2D eigenvalue weighted by Crippen LogP contribution is 2.44. The summed E-state index contributed by atoms with van der Waals surface area (Å²) in [5.41, 5.74) is 8.26. The Morgan fingerprint density at radius 1 is 1.47 bits per heavy atom. The van der Waals surface area contributed by atoms with Crippen molar-refractivity contribution < 1.29 is 4.39 Å². The maximum Gasteiger partial charge on any atom is 0.192 e. The normalized spacial score (nSPS) is 25.3. The highest BCUT2D eigenvalue weighted by Gasteiger charge is 2.47. The number of nitrogens with two attached hydrogens (primary N) is 1. The zero-order valence-corrected chi connectivity index (χ0v) is 11.5. The van der Waals surface area contributed by atoms with Crippen LogP contribution < -0.4 is 5.73 Å². The van der Waals surface area contributed by atoms with Crippen molar-refractivity contribution >= 4 is 5.96 Å². The van der Waals surface area contributed by atoms with Crippen LogP contribution in [0.5, 0.6) is 0 Å². The maximum atomic E-state index is 13.4. The largest absolute Gasteiger partial charge is 0.370 e. The second-order valence-electron chi connectivity index (χ2n) is 6.01. The van der Waals surface area contributed by atoms with E-state index < -0.39 is 0 Å². The Morgan fingerprint density at radius 3 is 3.00 bits per heavy atom. The number of hydrogen-bond acceptors (Lipinski definition) is 3. The molecule has 1 aromatic carbocycles. The minimum Gasteiger partial charge on any atom is -0.370 e. The van der Waals surface area contributed by atoms with Gasteiger partial charge < -0.3 is 10.6 Å². The second kappa shape index (κ2) is 4.22. The van der Waals surface area contributed by atoms with Crippen molar-refractivity contribution in [3.8, 4) is 0 Å². The van der Waals surface area contributed by atoms with Crippen molar-refractivity contribution in [2.45, 2.75) is 32.2 Å². The number of hydrogen-bond donors (Lipinski definition) is 1. The topological polar surface area (TPSA) is 41.6 Å². The van der Waals surface area contributed by atoms with E-state index in [-0.39, 0.29) is 11.4 Å². The fraction of sp³-hybridized carbons (Fsp3) is 0.533. The SMILES string of the molecule is CC(C)CN1C(N)=NCC12CCc1cc(F)ccc12. The third-order valence-corrected chi connectivity index (χ3v) is 4.22. The zero-order chi connectivity index (χ0) is 13.6. The third kappa shape index (κ3) is 1.81. The summed E-state index contributed by atoms with van der Waals surface area (Å²) in [4.78, 5) is 6.68. The van der Waals surface area contributed by atoms with Gasteiger partial charge in [0.05, 0.1) is 12.1 Å². The lowest BCUT2D eigenvalue weighted by molar-refractivity contribution is 0.183. The average molecular weight is 261 g/mol. The first kappa shape index (κ1) is 12.5. The van der Waals surface area contributed by atoms with E-state index >= 15 is 0 Å². The molecule has 0 bridgehead atoms. The van der Waals surface area contributed by atoms with Crippen LogP contribution in [0.15, 0.2) is 23.2 Å². The van der Waals surface area contributed by atoms with Gasteiger partial charge in [-0.1, -0.05) is 19.9 Å². The Kier molecular flexibility index (Phi) is 2.77. The maximum absolute atomic E-state index is 13.4. The molecule has 0 fully saturated rings. The summed E-state index contributed by atoms with van der Waals surface area (Å²) in [6.07, 6.45) is 1.88. The molecule has 0 saturated heterocycles. The van der Waals surface area contributed by atoms with Gasteiger partial charge in [-0.05, 0) is 42.0 Å². The van der Waals surface area contributed by atoms with Gasteiger partial charge in [0.15, 0.2) is 5.96 Å². The summed E-state index contributed by atoms with van der Waals surface area (Å²) in [5, 5.41) is 0. The van der Waals surface area contributed by atoms with Gasteiger partial charge in [-0.15, -0.1) is 0 Å². The van der Waals surface area contributed by atoms with Crippen LogP contribution in [0.3, 0.4) is 0 Å². The number of nitrogens with zero attached hydrogens (tertiary/aromatic N) is 2. The van der Waals surface area contributed by atoms with Gasteiger partial charge in [0.25, 0.3) is 0 Å². The van der Waals surface area contributed by atoms with Crippen LogP contribution in [-0.4, -0.2) is 23.9 Å².